The molecule has 2 rings (SSSR count). The van der Waals surface area contributed by atoms with Crippen molar-refractivity contribution in [2.24, 2.45) is 0 Å². The lowest BCUT2D eigenvalue weighted by atomic mass is 9.91. The monoisotopic (exact) mass is 296 g/mol. The first-order chi connectivity index (χ1) is 9.82. The summed E-state index contributed by atoms with van der Waals surface area (Å²) in [4.78, 5) is 0. The number of hydrogen-bond donors (Lipinski definition) is 0. The van der Waals surface area contributed by atoms with Crippen molar-refractivity contribution in [2.45, 2.75) is 32.9 Å². The third-order valence-corrected chi connectivity index (χ3v) is 3.56. The van der Waals surface area contributed by atoms with Crippen LogP contribution in [0.2, 0.25) is 0 Å². The predicted molar refractivity (Wildman–Crippen MR) is 77.2 cm³/mol. The van der Waals surface area contributed by atoms with Crippen LogP contribution in [-0.2, 0) is 0 Å². The molecule has 0 nitrogen and oxygen atoms in total. The van der Waals surface area contributed by atoms with E-state index in [0.29, 0.717) is 11.1 Å². The molecular formula is C17H16F4. The third kappa shape index (κ3) is 3.43. The molecule has 0 bridgehead atoms. The molecule has 0 aromatic heterocycles. The summed E-state index contributed by atoms with van der Waals surface area (Å²) in [7, 11) is 0. The van der Waals surface area contributed by atoms with Crippen molar-refractivity contribution in [1.82, 2.24) is 0 Å². The summed E-state index contributed by atoms with van der Waals surface area (Å²) in [6.07, 6.45) is 1.92. The van der Waals surface area contributed by atoms with Gasteiger partial charge in [-0.2, -0.15) is 13.2 Å². The maximum atomic E-state index is 14.1. The second-order valence-corrected chi connectivity index (χ2v) is 5.07. The summed E-state index contributed by atoms with van der Waals surface area (Å²) in [5.41, 5.74) is 2.10. The molecule has 0 amide bonds. The fourth-order valence-electron chi connectivity index (χ4n) is 2.39. The highest BCUT2D eigenvalue weighted by Gasteiger charge is 2.34. The molecular weight excluding hydrogens is 280 g/mol. The van der Waals surface area contributed by atoms with Crippen LogP contribution in [0.1, 0.15) is 36.5 Å². The standard InChI is InChI=1S/C17H16F4/c1-3-4-13-10-15(16(18)9-11(13)2)12-5-7-14(8-6-12)17(19,20)21/h3-5,7,9-10H,6,8H2,1-2H3/b4-3-. The van der Waals surface area contributed by atoms with E-state index in [1.807, 2.05) is 19.1 Å². The summed E-state index contributed by atoms with van der Waals surface area (Å²) in [5.74, 6) is -0.393. The highest BCUT2D eigenvalue weighted by atomic mass is 19.4. The van der Waals surface area contributed by atoms with Crippen LogP contribution in [-0.4, -0.2) is 6.18 Å². The van der Waals surface area contributed by atoms with Crippen LogP contribution in [0.25, 0.3) is 11.6 Å². The van der Waals surface area contributed by atoms with Gasteiger partial charge in [0.05, 0.1) is 0 Å². The van der Waals surface area contributed by atoms with Crippen LogP contribution in [0, 0.1) is 12.7 Å². The van der Waals surface area contributed by atoms with E-state index in [1.165, 1.54) is 12.1 Å². The van der Waals surface area contributed by atoms with Gasteiger partial charge in [-0.1, -0.05) is 24.3 Å². The third-order valence-electron chi connectivity index (χ3n) is 3.56. The Balaban J connectivity index is 2.42. The number of rotatable bonds is 2. The first-order valence-electron chi connectivity index (χ1n) is 6.73. The van der Waals surface area contributed by atoms with E-state index in [1.54, 1.807) is 13.0 Å². The van der Waals surface area contributed by atoms with Gasteiger partial charge in [0.15, 0.2) is 0 Å². The van der Waals surface area contributed by atoms with E-state index in [-0.39, 0.29) is 12.8 Å². The van der Waals surface area contributed by atoms with E-state index in [0.717, 1.165) is 17.2 Å². The second-order valence-electron chi connectivity index (χ2n) is 5.07. The normalized spacial score (nSPS) is 16.1. The summed E-state index contributed by atoms with van der Waals surface area (Å²) < 4.78 is 51.8. The van der Waals surface area contributed by atoms with Crippen molar-refractivity contribution in [3.8, 4) is 0 Å². The molecule has 112 valence electrons. The van der Waals surface area contributed by atoms with Crippen molar-refractivity contribution in [2.75, 3.05) is 0 Å². The fraction of sp³-hybridized carbons (Fsp3) is 0.294. The van der Waals surface area contributed by atoms with Crippen molar-refractivity contribution in [3.63, 3.8) is 0 Å². The number of benzene rings is 1. The van der Waals surface area contributed by atoms with Gasteiger partial charge in [0.2, 0.25) is 0 Å². The molecule has 0 spiro atoms. The predicted octanol–water partition coefficient (Wildman–Crippen LogP) is 5.83. The van der Waals surface area contributed by atoms with Crippen LogP contribution < -0.4 is 0 Å². The minimum atomic E-state index is -4.30. The average Bonchev–Trinajstić information content (AvgIpc) is 2.41. The van der Waals surface area contributed by atoms with Crippen molar-refractivity contribution in [1.29, 1.82) is 0 Å². The zero-order valence-electron chi connectivity index (χ0n) is 11.9. The zero-order valence-corrected chi connectivity index (χ0v) is 11.9. The Kier molecular flexibility index (Phi) is 4.35. The Morgan fingerprint density at radius 1 is 1.10 bits per heavy atom. The van der Waals surface area contributed by atoms with E-state index in [9.17, 15) is 17.6 Å². The van der Waals surface area contributed by atoms with E-state index in [2.05, 4.69) is 0 Å². The minimum Gasteiger partial charge on any atom is -0.206 e. The molecule has 1 aromatic carbocycles. The molecule has 0 aliphatic heterocycles. The number of allylic oxidation sites excluding steroid dienone is 5. The van der Waals surface area contributed by atoms with Crippen molar-refractivity contribution in [3.05, 3.63) is 58.4 Å². The number of halogens is 4. The van der Waals surface area contributed by atoms with Gasteiger partial charge in [-0.3, -0.25) is 0 Å². The lowest BCUT2D eigenvalue weighted by Gasteiger charge is -2.18. The SMILES string of the molecule is C/C=C\c1cc(C2=CC=C(C(F)(F)F)CC2)c(F)cc1C. The van der Waals surface area contributed by atoms with Crippen LogP contribution in [0.5, 0.6) is 0 Å². The highest BCUT2D eigenvalue weighted by molar-refractivity contribution is 5.72. The molecule has 0 atom stereocenters. The Morgan fingerprint density at radius 3 is 2.33 bits per heavy atom. The Labute approximate surface area is 121 Å². The number of alkyl halides is 3. The van der Waals surface area contributed by atoms with Gasteiger partial charge in [-0.15, -0.1) is 0 Å². The first-order valence-corrected chi connectivity index (χ1v) is 6.73. The molecule has 0 N–H and O–H groups in total. The summed E-state index contributed by atoms with van der Waals surface area (Å²) >= 11 is 0. The largest absolute Gasteiger partial charge is 0.412 e. The van der Waals surface area contributed by atoms with Gasteiger partial charge in [0.25, 0.3) is 0 Å². The Bertz CT molecular complexity index is 631. The first kappa shape index (κ1) is 15.5. The molecule has 0 radical (unpaired) electrons. The van der Waals surface area contributed by atoms with Gasteiger partial charge in [0.1, 0.15) is 5.82 Å². The highest BCUT2D eigenvalue weighted by Crippen LogP contribution is 2.36. The topological polar surface area (TPSA) is 0 Å². The molecule has 1 aromatic rings. The summed E-state index contributed by atoms with van der Waals surface area (Å²) in [5, 5.41) is 0. The van der Waals surface area contributed by atoms with Crippen LogP contribution >= 0.6 is 0 Å². The zero-order chi connectivity index (χ0) is 15.6. The van der Waals surface area contributed by atoms with Gasteiger partial charge >= 0.3 is 6.18 Å². The second kappa shape index (κ2) is 5.88. The van der Waals surface area contributed by atoms with Gasteiger partial charge < -0.3 is 0 Å². The maximum Gasteiger partial charge on any atom is 0.412 e. The number of hydrogen-bond acceptors (Lipinski definition) is 0. The Hall–Kier alpha value is -1.84. The van der Waals surface area contributed by atoms with E-state index < -0.39 is 17.6 Å². The molecule has 1 aliphatic rings. The molecule has 0 saturated heterocycles. The van der Waals surface area contributed by atoms with E-state index in [4.69, 9.17) is 0 Å². The molecule has 21 heavy (non-hydrogen) atoms. The Morgan fingerprint density at radius 2 is 1.81 bits per heavy atom. The lowest BCUT2D eigenvalue weighted by Crippen LogP contribution is -2.13. The molecule has 0 heterocycles. The summed E-state index contributed by atoms with van der Waals surface area (Å²) in [6.45, 7) is 3.67. The minimum absolute atomic E-state index is 0.110. The van der Waals surface area contributed by atoms with Crippen LogP contribution in [0.15, 0.2) is 35.9 Å². The van der Waals surface area contributed by atoms with Gasteiger partial charge in [-0.25, -0.2) is 4.39 Å². The van der Waals surface area contributed by atoms with Crippen LogP contribution in [0.3, 0.4) is 0 Å². The van der Waals surface area contributed by atoms with Crippen molar-refractivity contribution >= 4 is 11.6 Å². The van der Waals surface area contributed by atoms with Crippen LogP contribution in [0.4, 0.5) is 17.6 Å². The lowest BCUT2D eigenvalue weighted by molar-refractivity contribution is -0.0939. The number of aryl methyl sites for hydroxylation is 1. The smallest absolute Gasteiger partial charge is 0.206 e. The average molecular weight is 296 g/mol. The quantitative estimate of drug-likeness (QED) is 0.602. The van der Waals surface area contributed by atoms with E-state index >= 15 is 0 Å². The molecule has 1 aliphatic carbocycles. The van der Waals surface area contributed by atoms with Gasteiger partial charge in [0, 0.05) is 11.1 Å². The van der Waals surface area contributed by atoms with Gasteiger partial charge in [-0.05, 0) is 55.5 Å². The molecule has 0 unspecified atom stereocenters. The van der Waals surface area contributed by atoms with Crippen molar-refractivity contribution < 1.29 is 17.6 Å². The molecule has 0 fully saturated rings. The summed E-state index contributed by atoms with van der Waals surface area (Å²) in [6, 6.07) is 3.12. The molecule has 0 saturated carbocycles. The molecule has 4 heteroatoms. The fourth-order valence-corrected chi connectivity index (χ4v) is 2.39. The maximum absolute atomic E-state index is 14.1.